The lowest BCUT2D eigenvalue weighted by atomic mass is 10.1. The molecule has 4 heteroatoms. The minimum absolute atomic E-state index is 0.0175. The normalized spacial score (nSPS) is 14.1. The maximum atomic E-state index is 11.5. The molecular formula is C17H16ClNO2. The number of hydrogen-bond donors (Lipinski definition) is 0. The Morgan fingerprint density at radius 3 is 2.81 bits per heavy atom. The Bertz CT molecular complexity index is 684. The number of nitrogens with zero attached hydrogens (tertiary/aromatic N) is 1. The highest BCUT2D eigenvalue weighted by Crippen LogP contribution is 2.29. The molecule has 3 rings (SSSR count). The van der Waals surface area contributed by atoms with E-state index in [1.54, 1.807) is 6.07 Å². The number of para-hydroxylation sites is 1. The topological polar surface area (TPSA) is 29.5 Å². The molecule has 0 amide bonds. The molecule has 0 bridgehead atoms. The van der Waals surface area contributed by atoms with E-state index in [9.17, 15) is 4.79 Å². The van der Waals surface area contributed by atoms with E-state index in [4.69, 9.17) is 16.3 Å². The Hall–Kier alpha value is -2.00. The molecule has 0 radical (unpaired) electrons. The van der Waals surface area contributed by atoms with Crippen molar-refractivity contribution in [1.29, 1.82) is 0 Å². The summed E-state index contributed by atoms with van der Waals surface area (Å²) in [6.45, 7) is 3.70. The molecule has 3 nitrogen and oxygen atoms in total. The molecule has 0 spiro atoms. The van der Waals surface area contributed by atoms with Gasteiger partial charge in [-0.1, -0.05) is 29.8 Å². The van der Waals surface area contributed by atoms with Crippen LogP contribution in [-0.4, -0.2) is 18.9 Å². The van der Waals surface area contributed by atoms with E-state index >= 15 is 0 Å². The first-order chi connectivity index (χ1) is 10.1. The standard InChI is InChI=1S/C17H16ClNO2/c1-12(20)15-7-6-14(10-16(15)18)19-8-9-21-17-5-3-2-4-13(17)11-19/h2-7,10H,8-9,11H2,1H3. The highest BCUT2D eigenvalue weighted by atomic mass is 35.5. The van der Waals surface area contributed by atoms with Crippen molar-refractivity contribution in [1.82, 2.24) is 0 Å². The number of halogens is 1. The molecule has 2 aromatic rings. The van der Waals surface area contributed by atoms with E-state index in [1.165, 1.54) is 6.92 Å². The number of ketones is 1. The summed E-state index contributed by atoms with van der Waals surface area (Å²) in [6.07, 6.45) is 0. The number of anilines is 1. The second-order valence-corrected chi connectivity index (χ2v) is 5.51. The number of carbonyl (C=O) groups excluding carboxylic acids is 1. The van der Waals surface area contributed by atoms with E-state index in [0.29, 0.717) is 17.2 Å². The molecule has 1 heterocycles. The zero-order chi connectivity index (χ0) is 14.8. The van der Waals surface area contributed by atoms with Crippen LogP contribution in [0, 0.1) is 0 Å². The summed E-state index contributed by atoms with van der Waals surface area (Å²) >= 11 is 6.21. The Kier molecular flexibility index (Phi) is 3.84. The van der Waals surface area contributed by atoms with Crippen molar-refractivity contribution in [2.45, 2.75) is 13.5 Å². The maximum Gasteiger partial charge on any atom is 0.161 e. The number of hydrogen-bond acceptors (Lipinski definition) is 3. The number of ether oxygens (including phenoxy) is 1. The number of Topliss-reactive ketones (excluding diaryl/α,β-unsaturated/α-hetero) is 1. The third-order valence-electron chi connectivity index (χ3n) is 3.65. The second-order valence-electron chi connectivity index (χ2n) is 5.10. The monoisotopic (exact) mass is 301 g/mol. The first kappa shape index (κ1) is 14.0. The van der Waals surface area contributed by atoms with Crippen LogP contribution in [0.4, 0.5) is 5.69 Å². The summed E-state index contributed by atoms with van der Waals surface area (Å²) in [4.78, 5) is 13.7. The maximum absolute atomic E-state index is 11.5. The van der Waals surface area contributed by atoms with Crippen LogP contribution in [-0.2, 0) is 6.54 Å². The number of carbonyl (C=O) groups is 1. The molecule has 0 saturated heterocycles. The SMILES string of the molecule is CC(=O)c1ccc(N2CCOc3ccccc3C2)cc1Cl. The average Bonchev–Trinajstić information content (AvgIpc) is 2.68. The lowest BCUT2D eigenvalue weighted by Crippen LogP contribution is -2.25. The van der Waals surface area contributed by atoms with Crippen LogP contribution < -0.4 is 9.64 Å². The molecule has 0 N–H and O–H groups in total. The van der Waals surface area contributed by atoms with E-state index in [2.05, 4.69) is 11.0 Å². The number of rotatable bonds is 2. The van der Waals surface area contributed by atoms with E-state index in [0.717, 1.165) is 30.1 Å². The predicted octanol–water partition coefficient (Wildman–Crippen LogP) is 3.94. The Labute approximate surface area is 129 Å². The van der Waals surface area contributed by atoms with Gasteiger partial charge in [0.25, 0.3) is 0 Å². The molecule has 108 valence electrons. The summed E-state index contributed by atoms with van der Waals surface area (Å²) in [7, 11) is 0. The lowest BCUT2D eigenvalue weighted by molar-refractivity contribution is 0.101. The van der Waals surface area contributed by atoms with Crippen LogP contribution in [0.5, 0.6) is 5.75 Å². The van der Waals surface area contributed by atoms with Crippen LogP contribution in [0.1, 0.15) is 22.8 Å². The Morgan fingerprint density at radius 2 is 2.05 bits per heavy atom. The molecule has 0 aromatic heterocycles. The third-order valence-corrected chi connectivity index (χ3v) is 3.96. The van der Waals surface area contributed by atoms with Gasteiger partial charge in [0.1, 0.15) is 12.4 Å². The largest absolute Gasteiger partial charge is 0.491 e. The van der Waals surface area contributed by atoms with Crippen molar-refractivity contribution in [3.63, 3.8) is 0 Å². The van der Waals surface area contributed by atoms with E-state index in [1.807, 2.05) is 30.3 Å². The third kappa shape index (κ3) is 2.88. The first-order valence-corrected chi connectivity index (χ1v) is 7.29. The molecule has 1 aliphatic heterocycles. The fourth-order valence-electron chi connectivity index (χ4n) is 2.53. The first-order valence-electron chi connectivity index (χ1n) is 6.91. The van der Waals surface area contributed by atoms with E-state index in [-0.39, 0.29) is 5.78 Å². The average molecular weight is 302 g/mol. The summed E-state index contributed by atoms with van der Waals surface area (Å²) in [5.74, 6) is 0.919. The summed E-state index contributed by atoms with van der Waals surface area (Å²) < 4.78 is 5.76. The number of benzene rings is 2. The van der Waals surface area contributed by atoms with Crippen LogP contribution in [0.2, 0.25) is 5.02 Å². The smallest absolute Gasteiger partial charge is 0.161 e. The van der Waals surface area contributed by atoms with Crippen LogP contribution in [0.15, 0.2) is 42.5 Å². The van der Waals surface area contributed by atoms with Gasteiger partial charge in [0.15, 0.2) is 5.78 Å². The zero-order valence-corrected chi connectivity index (χ0v) is 12.6. The van der Waals surface area contributed by atoms with Crippen molar-refractivity contribution < 1.29 is 9.53 Å². The highest BCUT2D eigenvalue weighted by molar-refractivity contribution is 6.34. The van der Waals surface area contributed by atoms with E-state index < -0.39 is 0 Å². The summed E-state index contributed by atoms with van der Waals surface area (Å²) in [6, 6.07) is 13.6. The van der Waals surface area contributed by atoms with Crippen molar-refractivity contribution in [2.24, 2.45) is 0 Å². The molecule has 21 heavy (non-hydrogen) atoms. The van der Waals surface area contributed by atoms with Crippen LogP contribution in [0.3, 0.4) is 0 Å². The molecule has 0 atom stereocenters. The van der Waals surface area contributed by atoms with Gasteiger partial charge in [0.05, 0.1) is 11.6 Å². The van der Waals surface area contributed by atoms with Crippen molar-refractivity contribution in [3.05, 3.63) is 58.6 Å². The molecule has 0 aliphatic carbocycles. The Balaban J connectivity index is 1.91. The molecule has 1 aliphatic rings. The van der Waals surface area contributed by atoms with Gasteiger partial charge in [-0.15, -0.1) is 0 Å². The fourth-order valence-corrected chi connectivity index (χ4v) is 2.84. The van der Waals surface area contributed by atoms with Crippen LogP contribution in [0.25, 0.3) is 0 Å². The van der Waals surface area contributed by atoms with Crippen LogP contribution >= 0.6 is 11.6 Å². The van der Waals surface area contributed by atoms with Gasteiger partial charge in [0, 0.05) is 23.4 Å². The Morgan fingerprint density at radius 1 is 1.24 bits per heavy atom. The summed E-state index contributed by atoms with van der Waals surface area (Å²) in [5.41, 5.74) is 2.72. The number of fused-ring (bicyclic) bond motifs is 1. The van der Waals surface area contributed by atoms with Gasteiger partial charge in [-0.2, -0.15) is 0 Å². The molecule has 0 fully saturated rings. The predicted molar refractivity (Wildman–Crippen MR) is 84.4 cm³/mol. The fraction of sp³-hybridized carbons (Fsp3) is 0.235. The van der Waals surface area contributed by atoms with Gasteiger partial charge in [-0.25, -0.2) is 0 Å². The van der Waals surface area contributed by atoms with Crippen molar-refractivity contribution >= 4 is 23.1 Å². The highest BCUT2D eigenvalue weighted by Gasteiger charge is 2.16. The second kappa shape index (κ2) is 5.78. The van der Waals surface area contributed by atoms with Gasteiger partial charge < -0.3 is 9.64 Å². The minimum atomic E-state index is -0.0175. The van der Waals surface area contributed by atoms with Gasteiger partial charge in [-0.3, -0.25) is 4.79 Å². The molecular weight excluding hydrogens is 286 g/mol. The lowest BCUT2D eigenvalue weighted by Gasteiger charge is -2.22. The van der Waals surface area contributed by atoms with Gasteiger partial charge in [-0.05, 0) is 31.2 Å². The molecule has 0 saturated carbocycles. The van der Waals surface area contributed by atoms with Crippen molar-refractivity contribution in [2.75, 3.05) is 18.1 Å². The zero-order valence-electron chi connectivity index (χ0n) is 11.8. The van der Waals surface area contributed by atoms with Crippen molar-refractivity contribution in [3.8, 4) is 5.75 Å². The molecule has 0 unspecified atom stereocenters. The van der Waals surface area contributed by atoms with Gasteiger partial charge >= 0.3 is 0 Å². The molecule has 2 aromatic carbocycles. The summed E-state index contributed by atoms with van der Waals surface area (Å²) in [5, 5.41) is 0.499. The quantitative estimate of drug-likeness (QED) is 0.787. The minimum Gasteiger partial charge on any atom is -0.491 e. The van der Waals surface area contributed by atoms with Gasteiger partial charge in [0.2, 0.25) is 0 Å².